The summed E-state index contributed by atoms with van der Waals surface area (Å²) in [6, 6.07) is 2.26. The number of amides is 1. The first-order chi connectivity index (χ1) is 14.7. The molecule has 1 fully saturated rings. The molecule has 1 saturated heterocycles. The van der Waals surface area contributed by atoms with Crippen molar-refractivity contribution >= 4 is 17.4 Å². The number of aromatic nitrogens is 4. The Morgan fingerprint density at radius 1 is 1.26 bits per heavy atom. The van der Waals surface area contributed by atoms with Crippen molar-refractivity contribution in [2.75, 3.05) is 11.9 Å². The summed E-state index contributed by atoms with van der Waals surface area (Å²) in [6.07, 6.45) is -1.93. The number of hydrogen-bond acceptors (Lipinski definition) is 7. The van der Waals surface area contributed by atoms with Crippen LogP contribution < -0.4 is 20.1 Å². The molecule has 31 heavy (non-hydrogen) atoms. The van der Waals surface area contributed by atoms with Crippen molar-refractivity contribution in [3.05, 3.63) is 30.7 Å². The highest BCUT2D eigenvalue weighted by Gasteiger charge is 2.33. The molecule has 0 aliphatic carbocycles. The Morgan fingerprint density at radius 2 is 2.06 bits per heavy atom. The quantitative estimate of drug-likeness (QED) is 0.564. The smallest absolute Gasteiger partial charge is 0.435 e. The molecule has 9 nitrogen and oxygen atoms in total. The number of fused-ring (bicyclic) bond motifs is 1. The molecule has 0 radical (unpaired) electrons. The molecule has 0 spiro atoms. The molecule has 3 heterocycles. The first-order valence-corrected chi connectivity index (χ1v) is 8.79. The second-order valence-electron chi connectivity index (χ2n) is 6.38. The van der Waals surface area contributed by atoms with E-state index in [2.05, 4.69) is 35.3 Å². The molecule has 1 aliphatic heterocycles. The van der Waals surface area contributed by atoms with Gasteiger partial charge < -0.3 is 20.1 Å². The maximum absolute atomic E-state index is 12.9. The summed E-state index contributed by atoms with van der Waals surface area (Å²) < 4.78 is 73.2. The van der Waals surface area contributed by atoms with Gasteiger partial charge in [0.2, 0.25) is 11.9 Å². The van der Waals surface area contributed by atoms with E-state index in [-0.39, 0.29) is 28.6 Å². The van der Waals surface area contributed by atoms with Crippen LogP contribution in [0.3, 0.4) is 0 Å². The van der Waals surface area contributed by atoms with Gasteiger partial charge in [0, 0.05) is 18.2 Å². The summed E-state index contributed by atoms with van der Waals surface area (Å²) in [6.45, 7) is -2.75. The first kappa shape index (κ1) is 20.6. The lowest BCUT2D eigenvalue weighted by Crippen LogP contribution is -2.30. The fourth-order valence-corrected chi connectivity index (χ4v) is 3.10. The monoisotopic (exact) mass is 444 g/mol. The third-order valence-corrected chi connectivity index (χ3v) is 4.37. The number of carbonyl (C=O) groups excluding carboxylic acids is 1. The van der Waals surface area contributed by atoms with Crippen LogP contribution in [0.5, 0.6) is 11.5 Å². The predicted octanol–water partition coefficient (Wildman–Crippen LogP) is 2.59. The van der Waals surface area contributed by atoms with Crippen LogP contribution in [0.2, 0.25) is 0 Å². The number of nitrogens with one attached hydrogen (secondary N) is 2. The van der Waals surface area contributed by atoms with Gasteiger partial charge in [-0.2, -0.15) is 8.78 Å². The molecule has 3 aromatic rings. The third-order valence-electron chi connectivity index (χ3n) is 4.37. The van der Waals surface area contributed by atoms with Crippen molar-refractivity contribution in [2.24, 2.45) is 0 Å². The molecule has 0 bridgehead atoms. The van der Waals surface area contributed by atoms with Crippen LogP contribution in [0.4, 0.5) is 27.9 Å². The molecule has 1 aromatic carbocycles. The zero-order chi connectivity index (χ0) is 22.2. The van der Waals surface area contributed by atoms with Crippen LogP contribution in [-0.4, -0.2) is 51.0 Å². The molecular weight excluding hydrogens is 431 g/mol. The number of anilines is 1. The number of ether oxygens (including phenoxy) is 2. The number of imidazole rings is 1. The van der Waals surface area contributed by atoms with E-state index in [1.807, 2.05) is 0 Å². The Balaban J connectivity index is 1.76. The standard InChI is InChI=1S/C17H13F5N6O3/c18-15(19)30-8-1-2-9(12(5-8)31-17(20,21)22)13-11-6-23-7-28(11)16(27-26-13)25-10-3-4-24-14(10)29/h1-2,5-7,10,15H,3-4H2,(H,24,29)(H,25,27). The molecule has 1 aliphatic rings. The lowest BCUT2D eigenvalue weighted by atomic mass is 10.1. The minimum absolute atomic E-state index is 0.0539. The zero-order valence-electron chi connectivity index (χ0n) is 15.4. The average Bonchev–Trinajstić information content (AvgIpc) is 3.31. The summed E-state index contributed by atoms with van der Waals surface area (Å²) in [4.78, 5) is 15.8. The summed E-state index contributed by atoms with van der Waals surface area (Å²) >= 11 is 0. The molecule has 2 N–H and O–H groups in total. The van der Waals surface area contributed by atoms with E-state index >= 15 is 0 Å². The number of nitrogens with zero attached hydrogens (tertiary/aromatic N) is 4. The van der Waals surface area contributed by atoms with E-state index in [1.165, 1.54) is 16.9 Å². The van der Waals surface area contributed by atoms with Crippen LogP contribution in [-0.2, 0) is 4.79 Å². The van der Waals surface area contributed by atoms with E-state index in [4.69, 9.17) is 0 Å². The van der Waals surface area contributed by atoms with Gasteiger partial charge in [-0.15, -0.1) is 23.4 Å². The van der Waals surface area contributed by atoms with Gasteiger partial charge >= 0.3 is 13.0 Å². The van der Waals surface area contributed by atoms with E-state index in [1.54, 1.807) is 0 Å². The zero-order valence-corrected chi connectivity index (χ0v) is 15.4. The lowest BCUT2D eigenvalue weighted by Gasteiger charge is -2.16. The molecule has 1 unspecified atom stereocenters. The maximum Gasteiger partial charge on any atom is 0.573 e. The molecule has 14 heteroatoms. The highest BCUT2D eigenvalue weighted by Crippen LogP contribution is 2.38. The summed E-state index contributed by atoms with van der Waals surface area (Å²) in [5.41, 5.74) is 0.00864. The topological polar surface area (TPSA) is 103 Å². The van der Waals surface area contributed by atoms with Gasteiger partial charge in [0.1, 0.15) is 29.6 Å². The summed E-state index contributed by atoms with van der Waals surface area (Å²) in [5.74, 6) is -1.41. The first-order valence-electron chi connectivity index (χ1n) is 8.79. The van der Waals surface area contributed by atoms with E-state index in [0.29, 0.717) is 19.0 Å². The maximum atomic E-state index is 12.9. The van der Waals surface area contributed by atoms with Crippen molar-refractivity contribution in [2.45, 2.75) is 25.4 Å². The van der Waals surface area contributed by atoms with Crippen LogP contribution in [0.25, 0.3) is 16.8 Å². The number of hydrogen-bond donors (Lipinski definition) is 2. The Kier molecular flexibility index (Phi) is 5.20. The Hall–Kier alpha value is -3.71. The molecule has 1 atom stereocenters. The van der Waals surface area contributed by atoms with Gasteiger partial charge in [0.25, 0.3) is 0 Å². The van der Waals surface area contributed by atoms with Gasteiger partial charge in [0.15, 0.2) is 0 Å². The van der Waals surface area contributed by atoms with Crippen molar-refractivity contribution in [3.8, 4) is 22.8 Å². The van der Waals surface area contributed by atoms with Crippen molar-refractivity contribution in [1.29, 1.82) is 0 Å². The Morgan fingerprint density at radius 3 is 2.74 bits per heavy atom. The van der Waals surface area contributed by atoms with Crippen LogP contribution in [0.1, 0.15) is 6.42 Å². The fourth-order valence-electron chi connectivity index (χ4n) is 3.10. The fraction of sp³-hybridized carbons (Fsp3) is 0.294. The molecule has 4 rings (SSSR count). The summed E-state index contributed by atoms with van der Waals surface area (Å²) in [7, 11) is 0. The minimum Gasteiger partial charge on any atom is -0.435 e. The number of alkyl halides is 5. The van der Waals surface area contributed by atoms with Crippen molar-refractivity contribution in [1.82, 2.24) is 24.9 Å². The minimum atomic E-state index is -5.10. The SMILES string of the molecule is O=C1NCCC1Nc1nnc(-c2ccc(OC(F)F)cc2OC(F)(F)F)c2cncn12. The van der Waals surface area contributed by atoms with Gasteiger partial charge in [0.05, 0.1) is 11.7 Å². The second-order valence-corrected chi connectivity index (χ2v) is 6.38. The molecule has 2 aromatic heterocycles. The van der Waals surface area contributed by atoms with E-state index in [9.17, 15) is 26.7 Å². The van der Waals surface area contributed by atoms with Crippen LogP contribution in [0, 0.1) is 0 Å². The number of carbonyl (C=O) groups is 1. The molecular formula is C17H13F5N6O3. The van der Waals surface area contributed by atoms with Gasteiger partial charge in [-0.05, 0) is 18.6 Å². The normalized spacial score (nSPS) is 16.6. The Bertz CT molecular complexity index is 1120. The summed E-state index contributed by atoms with van der Waals surface area (Å²) in [5, 5.41) is 13.5. The number of rotatable bonds is 6. The molecule has 0 saturated carbocycles. The van der Waals surface area contributed by atoms with Crippen LogP contribution >= 0.6 is 0 Å². The van der Waals surface area contributed by atoms with Crippen molar-refractivity contribution in [3.63, 3.8) is 0 Å². The van der Waals surface area contributed by atoms with Crippen LogP contribution in [0.15, 0.2) is 30.7 Å². The van der Waals surface area contributed by atoms with Gasteiger partial charge in [-0.1, -0.05) is 0 Å². The van der Waals surface area contributed by atoms with Gasteiger partial charge in [-0.25, -0.2) is 4.98 Å². The number of halogens is 5. The van der Waals surface area contributed by atoms with E-state index in [0.717, 1.165) is 12.1 Å². The van der Waals surface area contributed by atoms with Gasteiger partial charge in [-0.3, -0.25) is 9.20 Å². The molecule has 1 amide bonds. The number of benzene rings is 1. The van der Waals surface area contributed by atoms with E-state index < -0.39 is 30.5 Å². The molecule has 164 valence electrons. The third kappa shape index (κ3) is 4.41. The predicted molar refractivity (Wildman–Crippen MR) is 94.6 cm³/mol. The van der Waals surface area contributed by atoms with Crippen molar-refractivity contribution < 1.29 is 36.2 Å². The average molecular weight is 444 g/mol. The second kappa shape index (κ2) is 7.85. The highest BCUT2D eigenvalue weighted by molar-refractivity contribution is 5.86. The lowest BCUT2D eigenvalue weighted by molar-refractivity contribution is -0.274. The highest BCUT2D eigenvalue weighted by atomic mass is 19.4. The largest absolute Gasteiger partial charge is 0.573 e. The Labute approximate surface area is 170 Å².